The Kier molecular flexibility index (Phi) is 1.92. The van der Waals surface area contributed by atoms with Crippen LogP contribution in [0, 0.1) is 5.92 Å². The molecule has 11 heavy (non-hydrogen) atoms. The molecule has 1 heteroatoms. The van der Waals surface area contributed by atoms with E-state index in [1.165, 1.54) is 32.2 Å². The highest BCUT2D eigenvalue weighted by atomic mass is 15.2. The third-order valence-corrected chi connectivity index (χ3v) is 3.43. The molecular formula is C10H19N. The van der Waals surface area contributed by atoms with Crippen LogP contribution < -0.4 is 0 Å². The summed E-state index contributed by atoms with van der Waals surface area (Å²) in [6.07, 6.45) is 5.84. The zero-order valence-electron chi connectivity index (χ0n) is 7.71. The summed E-state index contributed by atoms with van der Waals surface area (Å²) in [6.45, 7) is 6.16. The van der Waals surface area contributed by atoms with Gasteiger partial charge in [-0.25, -0.2) is 0 Å². The highest BCUT2D eigenvalue weighted by Gasteiger charge is 2.35. The van der Waals surface area contributed by atoms with Crippen molar-refractivity contribution in [1.29, 1.82) is 0 Å². The molecule has 0 aromatic carbocycles. The summed E-state index contributed by atoms with van der Waals surface area (Å²) >= 11 is 0. The summed E-state index contributed by atoms with van der Waals surface area (Å²) in [7, 11) is 0. The Labute approximate surface area is 69.8 Å². The first-order chi connectivity index (χ1) is 5.29. The van der Waals surface area contributed by atoms with E-state index in [2.05, 4.69) is 18.7 Å². The average Bonchev–Trinajstić information content (AvgIpc) is 2.74. The van der Waals surface area contributed by atoms with E-state index in [9.17, 15) is 0 Å². The van der Waals surface area contributed by atoms with Gasteiger partial charge in [-0.2, -0.15) is 0 Å². The minimum atomic E-state index is 0.866. The van der Waals surface area contributed by atoms with Gasteiger partial charge < -0.3 is 0 Å². The van der Waals surface area contributed by atoms with Crippen LogP contribution in [-0.4, -0.2) is 23.5 Å². The van der Waals surface area contributed by atoms with Crippen LogP contribution in [0.4, 0.5) is 0 Å². The number of hydrogen-bond acceptors (Lipinski definition) is 1. The summed E-state index contributed by atoms with van der Waals surface area (Å²) in [5.41, 5.74) is 0. The second-order valence-corrected chi connectivity index (χ2v) is 4.31. The minimum absolute atomic E-state index is 0.866. The molecule has 0 bridgehead atoms. The molecule has 1 heterocycles. The van der Waals surface area contributed by atoms with Crippen LogP contribution >= 0.6 is 0 Å². The first kappa shape index (κ1) is 7.60. The molecule has 2 unspecified atom stereocenters. The van der Waals surface area contributed by atoms with Crippen molar-refractivity contribution in [3.8, 4) is 0 Å². The van der Waals surface area contributed by atoms with Crippen molar-refractivity contribution in [1.82, 2.24) is 4.90 Å². The molecule has 0 N–H and O–H groups in total. The highest BCUT2D eigenvalue weighted by molar-refractivity contribution is 4.89. The lowest BCUT2D eigenvalue weighted by Gasteiger charge is -2.28. The Morgan fingerprint density at radius 2 is 2.00 bits per heavy atom. The maximum absolute atomic E-state index is 2.71. The molecule has 64 valence electrons. The molecule has 0 spiro atoms. The van der Waals surface area contributed by atoms with Crippen LogP contribution in [0.15, 0.2) is 0 Å². The van der Waals surface area contributed by atoms with E-state index in [4.69, 9.17) is 0 Å². The predicted molar refractivity (Wildman–Crippen MR) is 47.6 cm³/mol. The Balaban J connectivity index is 1.91. The normalized spacial score (nSPS) is 36.0. The fraction of sp³-hybridized carbons (Fsp3) is 1.00. The first-order valence-electron chi connectivity index (χ1n) is 5.05. The van der Waals surface area contributed by atoms with Crippen molar-refractivity contribution in [2.24, 2.45) is 5.92 Å². The van der Waals surface area contributed by atoms with E-state index >= 15 is 0 Å². The summed E-state index contributed by atoms with van der Waals surface area (Å²) in [5, 5.41) is 0. The van der Waals surface area contributed by atoms with Crippen LogP contribution in [0.3, 0.4) is 0 Å². The van der Waals surface area contributed by atoms with E-state index in [-0.39, 0.29) is 0 Å². The number of likely N-dealkylation sites (tertiary alicyclic amines) is 1. The van der Waals surface area contributed by atoms with Crippen molar-refractivity contribution < 1.29 is 0 Å². The maximum atomic E-state index is 2.71. The van der Waals surface area contributed by atoms with Crippen molar-refractivity contribution in [3.05, 3.63) is 0 Å². The van der Waals surface area contributed by atoms with E-state index in [1.807, 2.05) is 0 Å². The standard InChI is InChI=1S/C10H19N/c1-8-4-3-7-11(8)9(2)10-5-6-10/h8-10H,3-7H2,1-2H3. The lowest BCUT2D eigenvalue weighted by atomic mass is 10.1. The number of nitrogens with zero attached hydrogens (tertiary/aromatic N) is 1. The number of rotatable bonds is 2. The molecule has 2 rings (SSSR count). The second-order valence-electron chi connectivity index (χ2n) is 4.31. The Morgan fingerprint density at radius 1 is 1.27 bits per heavy atom. The molecule has 0 aromatic rings. The van der Waals surface area contributed by atoms with Gasteiger partial charge >= 0.3 is 0 Å². The molecule has 0 amide bonds. The smallest absolute Gasteiger partial charge is 0.00980 e. The van der Waals surface area contributed by atoms with Gasteiger partial charge in [-0.3, -0.25) is 4.90 Å². The zero-order valence-corrected chi connectivity index (χ0v) is 7.71. The van der Waals surface area contributed by atoms with Crippen LogP contribution in [-0.2, 0) is 0 Å². The van der Waals surface area contributed by atoms with Gasteiger partial charge in [0.1, 0.15) is 0 Å². The van der Waals surface area contributed by atoms with Gasteiger partial charge in [-0.15, -0.1) is 0 Å². The number of hydrogen-bond donors (Lipinski definition) is 0. The van der Waals surface area contributed by atoms with Gasteiger partial charge in [0.2, 0.25) is 0 Å². The van der Waals surface area contributed by atoms with E-state index in [1.54, 1.807) is 0 Å². The SMILES string of the molecule is CC1CCCN1C(C)C1CC1. The van der Waals surface area contributed by atoms with Crippen molar-refractivity contribution in [2.75, 3.05) is 6.54 Å². The molecule has 2 fully saturated rings. The molecular weight excluding hydrogens is 134 g/mol. The van der Waals surface area contributed by atoms with E-state index in [0.29, 0.717) is 0 Å². The summed E-state index contributed by atoms with van der Waals surface area (Å²) in [5.74, 6) is 1.05. The van der Waals surface area contributed by atoms with Crippen molar-refractivity contribution in [2.45, 2.75) is 51.6 Å². The lowest BCUT2D eigenvalue weighted by molar-refractivity contribution is 0.184. The third-order valence-electron chi connectivity index (χ3n) is 3.43. The molecule has 1 aliphatic heterocycles. The molecule has 2 aliphatic rings. The summed E-state index contributed by atoms with van der Waals surface area (Å²) < 4.78 is 0. The van der Waals surface area contributed by atoms with Gasteiger partial charge in [-0.05, 0) is 52.0 Å². The molecule has 0 aromatic heterocycles. The summed E-state index contributed by atoms with van der Waals surface area (Å²) in [6, 6.07) is 1.75. The van der Waals surface area contributed by atoms with Crippen LogP contribution in [0.2, 0.25) is 0 Å². The van der Waals surface area contributed by atoms with Gasteiger partial charge in [0.15, 0.2) is 0 Å². The Bertz CT molecular complexity index is 140. The van der Waals surface area contributed by atoms with Gasteiger partial charge in [0.25, 0.3) is 0 Å². The third kappa shape index (κ3) is 1.44. The summed E-state index contributed by atoms with van der Waals surface area (Å²) in [4.78, 5) is 2.71. The van der Waals surface area contributed by atoms with E-state index in [0.717, 1.165) is 18.0 Å². The molecule has 1 saturated heterocycles. The first-order valence-corrected chi connectivity index (χ1v) is 5.05. The average molecular weight is 153 g/mol. The van der Waals surface area contributed by atoms with Crippen LogP contribution in [0.5, 0.6) is 0 Å². The second kappa shape index (κ2) is 2.78. The molecule has 1 nitrogen and oxygen atoms in total. The van der Waals surface area contributed by atoms with Crippen molar-refractivity contribution in [3.63, 3.8) is 0 Å². The van der Waals surface area contributed by atoms with Crippen LogP contribution in [0.25, 0.3) is 0 Å². The van der Waals surface area contributed by atoms with Crippen LogP contribution in [0.1, 0.15) is 39.5 Å². The fourth-order valence-electron chi connectivity index (χ4n) is 2.41. The topological polar surface area (TPSA) is 3.24 Å². The predicted octanol–water partition coefficient (Wildman–Crippen LogP) is 2.27. The largest absolute Gasteiger partial charge is 0.298 e. The quantitative estimate of drug-likeness (QED) is 0.588. The van der Waals surface area contributed by atoms with Gasteiger partial charge in [0.05, 0.1) is 0 Å². The molecule has 1 aliphatic carbocycles. The van der Waals surface area contributed by atoms with Gasteiger partial charge in [0, 0.05) is 12.1 Å². The maximum Gasteiger partial charge on any atom is 0.00980 e. The monoisotopic (exact) mass is 153 g/mol. The lowest BCUT2D eigenvalue weighted by Crippen LogP contribution is -2.36. The molecule has 0 radical (unpaired) electrons. The molecule has 1 saturated carbocycles. The van der Waals surface area contributed by atoms with E-state index < -0.39 is 0 Å². The highest BCUT2D eigenvalue weighted by Crippen LogP contribution is 2.37. The van der Waals surface area contributed by atoms with Crippen molar-refractivity contribution >= 4 is 0 Å². The minimum Gasteiger partial charge on any atom is -0.298 e. The molecule has 2 atom stereocenters. The Morgan fingerprint density at radius 3 is 2.45 bits per heavy atom. The Hall–Kier alpha value is -0.0400. The fourth-order valence-corrected chi connectivity index (χ4v) is 2.41. The zero-order chi connectivity index (χ0) is 7.84. The van der Waals surface area contributed by atoms with Gasteiger partial charge in [-0.1, -0.05) is 0 Å².